The van der Waals surface area contributed by atoms with E-state index in [2.05, 4.69) is 10.3 Å². The van der Waals surface area contributed by atoms with Gasteiger partial charge in [0.05, 0.1) is 18.3 Å². The Bertz CT molecular complexity index is 614. The Morgan fingerprint density at radius 2 is 2.20 bits per heavy atom. The number of fused-ring (bicyclic) bond motifs is 1. The highest BCUT2D eigenvalue weighted by Gasteiger charge is 2.24. The maximum absolute atomic E-state index is 11.7. The van der Waals surface area contributed by atoms with Gasteiger partial charge in [-0.15, -0.1) is 0 Å². The van der Waals surface area contributed by atoms with Crippen LogP contribution < -0.4 is 10.2 Å². The molecule has 0 radical (unpaired) electrons. The summed E-state index contributed by atoms with van der Waals surface area (Å²) in [5.41, 5.74) is 2.10. The summed E-state index contributed by atoms with van der Waals surface area (Å²) >= 11 is 0. The lowest BCUT2D eigenvalue weighted by molar-refractivity contribution is -0.129. The summed E-state index contributed by atoms with van der Waals surface area (Å²) in [5, 5.41) is 3.50. The molecule has 1 fully saturated rings. The Labute approximate surface area is 149 Å². The first kappa shape index (κ1) is 17.9. The van der Waals surface area contributed by atoms with Crippen LogP contribution in [0.25, 0.3) is 0 Å². The van der Waals surface area contributed by atoms with Crippen molar-refractivity contribution in [2.45, 2.75) is 51.7 Å². The van der Waals surface area contributed by atoms with Crippen LogP contribution in [0.5, 0.6) is 0 Å². The van der Waals surface area contributed by atoms with E-state index in [-0.39, 0.29) is 5.91 Å². The second-order valence-corrected chi connectivity index (χ2v) is 7.09. The fourth-order valence-electron chi connectivity index (χ4n) is 3.42. The molecule has 7 nitrogen and oxygen atoms in total. The van der Waals surface area contributed by atoms with Gasteiger partial charge in [-0.3, -0.25) is 4.79 Å². The van der Waals surface area contributed by atoms with Crippen LogP contribution >= 0.6 is 0 Å². The van der Waals surface area contributed by atoms with E-state index in [9.17, 15) is 4.79 Å². The lowest BCUT2D eigenvalue weighted by Crippen LogP contribution is -2.36. The Morgan fingerprint density at radius 1 is 1.36 bits per heavy atom. The maximum atomic E-state index is 11.7. The average molecular weight is 347 g/mol. The van der Waals surface area contributed by atoms with Gasteiger partial charge in [0.25, 0.3) is 0 Å². The molecule has 7 heteroatoms. The van der Waals surface area contributed by atoms with Crippen LogP contribution in [0.1, 0.15) is 43.9 Å². The van der Waals surface area contributed by atoms with E-state index < -0.39 is 0 Å². The molecule has 0 aliphatic carbocycles. The number of amides is 1. The van der Waals surface area contributed by atoms with E-state index in [4.69, 9.17) is 9.72 Å². The Balaban J connectivity index is 1.72. The van der Waals surface area contributed by atoms with Crippen LogP contribution in [0.3, 0.4) is 0 Å². The molecule has 0 saturated carbocycles. The molecule has 2 aliphatic heterocycles. The van der Waals surface area contributed by atoms with Crippen LogP contribution in [0.15, 0.2) is 0 Å². The maximum Gasteiger partial charge on any atom is 0.227 e. The minimum Gasteiger partial charge on any atom is -0.378 e. The van der Waals surface area contributed by atoms with Gasteiger partial charge in [0, 0.05) is 46.3 Å². The number of anilines is 2. The zero-order chi connectivity index (χ0) is 17.8. The number of hydrogen-bond donors (Lipinski definition) is 1. The van der Waals surface area contributed by atoms with Crippen LogP contribution in [0.4, 0.5) is 11.8 Å². The van der Waals surface area contributed by atoms with Crippen molar-refractivity contribution in [3.63, 3.8) is 0 Å². The van der Waals surface area contributed by atoms with Crippen molar-refractivity contribution in [1.29, 1.82) is 0 Å². The van der Waals surface area contributed by atoms with Gasteiger partial charge < -0.3 is 19.9 Å². The summed E-state index contributed by atoms with van der Waals surface area (Å²) in [6.07, 6.45) is 5.75. The number of carbonyl (C=O) groups excluding carboxylic acids is 1. The minimum absolute atomic E-state index is 0.0969. The molecule has 0 unspecified atom stereocenters. The third-order valence-corrected chi connectivity index (χ3v) is 4.93. The van der Waals surface area contributed by atoms with Gasteiger partial charge in [0.1, 0.15) is 5.82 Å². The fraction of sp³-hybridized carbons (Fsp3) is 0.722. The van der Waals surface area contributed by atoms with Crippen LogP contribution in [-0.4, -0.2) is 60.7 Å². The SMILES string of the molecule is CC(=O)N1CCc2c(nc(N(C)C)nc2NCC[C@@H]2CCCCO2)C1. The Morgan fingerprint density at radius 3 is 2.88 bits per heavy atom. The standard InChI is InChI=1S/C18H29N5O2/c1-13(24)23-10-8-15-16(12-23)20-18(22(2)3)21-17(15)19-9-7-14-6-4-5-11-25-14/h14H,4-12H2,1-3H3,(H,19,20,21)/t14-/m0/s1. The van der Waals surface area contributed by atoms with Crippen LogP contribution in [0.2, 0.25) is 0 Å². The fourth-order valence-corrected chi connectivity index (χ4v) is 3.42. The molecule has 1 aromatic rings. The number of ether oxygens (including phenoxy) is 1. The van der Waals surface area contributed by atoms with Gasteiger partial charge in [-0.25, -0.2) is 4.98 Å². The molecule has 25 heavy (non-hydrogen) atoms. The molecule has 1 N–H and O–H groups in total. The average Bonchev–Trinajstić information content (AvgIpc) is 2.61. The summed E-state index contributed by atoms with van der Waals surface area (Å²) in [5.74, 6) is 1.69. The molecule has 0 aromatic carbocycles. The third-order valence-electron chi connectivity index (χ3n) is 4.93. The smallest absolute Gasteiger partial charge is 0.227 e. The van der Waals surface area contributed by atoms with Crippen molar-refractivity contribution < 1.29 is 9.53 Å². The second-order valence-electron chi connectivity index (χ2n) is 7.09. The minimum atomic E-state index is 0.0969. The molecule has 3 rings (SSSR count). The molecule has 0 spiro atoms. The molecular weight excluding hydrogens is 318 g/mol. The van der Waals surface area contributed by atoms with Crippen LogP contribution in [0, 0.1) is 0 Å². The first-order valence-electron chi connectivity index (χ1n) is 9.22. The predicted molar refractivity (Wildman–Crippen MR) is 97.9 cm³/mol. The number of aromatic nitrogens is 2. The van der Waals surface area contributed by atoms with E-state index in [1.807, 2.05) is 23.9 Å². The molecule has 1 aromatic heterocycles. The van der Waals surface area contributed by atoms with Crippen molar-refractivity contribution in [2.75, 3.05) is 44.0 Å². The van der Waals surface area contributed by atoms with E-state index in [1.165, 1.54) is 12.8 Å². The molecule has 1 saturated heterocycles. The van der Waals surface area contributed by atoms with Crippen molar-refractivity contribution in [3.05, 3.63) is 11.3 Å². The van der Waals surface area contributed by atoms with Gasteiger partial charge in [-0.2, -0.15) is 4.98 Å². The molecule has 138 valence electrons. The van der Waals surface area contributed by atoms with Gasteiger partial charge >= 0.3 is 0 Å². The normalized spacial score (nSPS) is 20.1. The number of nitrogens with zero attached hydrogens (tertiary/aromatic N) is 4. The highest BCUT2D eigenvalue weighted by Crippen LogP contribution is 2.26. The summed E-state index contributed by atoms with van der Waals surface area (Å²) in [7, 11) is 3.87. The molecular formula is C18H29N5O2. The lowest BCUT2D eigenvalue weighted by atomic mass is 10.0. The lowest BCUT2D eigenvalue weighted by Gasteiger charge is -2.29. The highest BCUT2D eigenvalue weighted by molar-refractivity contribution is 5.73. The van der Waals surface area contributed by atoms with Crippen molar-refractivity contribution in [1.82, 2.24) is 14.9 Å². The zero-order valence-corrected chi connectivity index (χ0v) is 15.5. The monoisotopic (exact) mass is 347 g/mol. The molecule has 1 atom stereocenters. The number of rotatable bonds is 5. The zero-order valence-electron chi connectivity index (χ0n) is 15.5. The first-order chi connectivity index (χ1) is 12.0. The predicted octanol–water partition coefficient (Wildman–Crippen LogP) is 1.82. The van der Waals surface area contributed by atoms with E-state index in [0.29, 0.717) is 18.6 Å². The van der Waals surface area contributed by atoms with Crippen molar-refractivity contribution >= 4 is 17.7 Å². The highest BCUT2D eigenvalue weighted by atomic mass is 16.5. The largest absolute Gasteiger partial charge is 0.378 e. The van der Waals surface area contributed by atoms with E-state index in [1.54, 1.807) is 6.92 Å². The molecule has 3 heterocycles. The van der Waals surface area contributed by atoms with E-state index >= 15 is 0 Å². The number of hydrogen-bond acceptors (Lipinski definition) is 6. The van der Waals surface area contributed by atoms with E-state index in [0.717, 1.165) is 56.0 Å². The number of carbonyl (C=O) groups is 1. The summed E-state index contributed by atoms with van der Waals surface area (Å²) in [6.45, 7) is 4.64. The molecule has 1 amide bonds. The quantitative estimate of drug-likeness (QED) is 0.876. The molecule has 0 bridgehead atoms. The summed E-state index contributed by atoms with van der Waals surface area (Å²) in [4.78, 5) is 24.8. The van der Waals surface area contributed by atoms with Gasteiger partial charge in [-0.1, -0.05) is 0 Å². The molecule has 2 aliphatic rings. The van der Waals surface area contributed by atoms with Crippen molar-refractivity contribution in [3.8, 4) is 0 Å². The van der Waals surface area contributed by atoms with Crippen molar-refractivity contribution in [2.24, 2.45) is 0 Å². The van der Waals surface area contributed by atoms with Crippen LogP contribution in [-0.2, 0) is 22.5 Å². The third kappa shape index (κ3) is 4.39. The topological polar surface area (TPSA) is 70.6 Å². The Kier molecular flexibility index (Phi) is 5.73. The number of nitrogens with one attached hydrogen (secondary N) is 1. The summed E-state index contributed by atoms with van der Waals surface area (Å²) in [6, 6.07) is 0. The van der Waals surface area contributed by atoms with Gasteiger partial charge in [0.2, 0.25) is 11.9 Å². The van der Waals surface area contributed by atoms with Gasteiger partial charge in [0.15, 0.2) is 0 Å². The first-order valence-corrected chi connectivity index (χ1v) is 9.22. The summed E-state index contributed by atoms with van der Waals surface area (Å²) < 4.78 is 5.81. The second kappa shape index (κ2) is 7.99. The van der Waals surface area contributed by atoms with Gasteiger partial charge in [-0.05, 0) is 32.1 Å². The Hall–Kier alpha value is -1.89.